The second-order valence-corrected chi connectivity index (χ2v) is 5.87. The van der Waals surface area contributed by atoms with Gasteiger partial charge in [0.05, 0.1) is 5.60 Å². The highest BCUT2D eigenvalue weighted by atomic mass is 16.5. The zero-order chi connectivity index (χ0) is 12.7. The van der Waals surface area contributed by atoms with Crippen molar-refractivity contribution >= 4 is 0 Å². The highest BCUT2D eigenvalue weighted by Gasteiger charge is 2.28. The lowest BCUT2D eigenvalue weighted by Crippen LogP contribution is -2.45. The average molecular weight is 243 g/mol. The molecule has 1 heterocycles. The molecule has 3 heteroatoms. The van der Waals surface area contributed by atoms with Gasteiger partial charge in [0.2, 0.25) is 0 Å². The van der Waals surface area contributed by atoms with Crippen LogP contribution in [-0.2, 0) is 4.74 Å². The lowest BCUT2D eigenvalue weighted by atomic mass is 9.93. The van der Waals surface area contributed by atoms with E-state index in [1.165, 1.54) is 12.8 Å². The highest BCUT2D eigenvalue weighted by Crippen LogP contribution is 2.24. The molecular formula is C14H29NO2. The van der Waals surface area contributed by atoms with Gasteiger partial charge in [-0.25, -0.2) is 0 Å². The van der Waals surface area contributed by atoms with Crippen LogP contribution in [0.15, 0.2) is 0 Å². The predicted octanol–water partition coefficient (Wildman–Crippen LogP) is 2.33. The zero-order valence-electron chi connectivity index (χ0n) is 11.7. The molecule has 2 unspecified atom stereocenters. The van der Waals surface area contributed by atoms with Crippen LogP contribution in [0.5, 0.6) is 0 Å². The molecule has 1 aliphatic rings. The van der Waals surface area contributed by atoms with E-state index in [0.717, 1.165) is 32.4 Å². The van der Waals surface area contributed by atoms with Gasteiger partial charge >= 0.3 is 0 Å². The quantitative estimate of drug-likeness (QED) is 0.721. The molecule has 2 N–H and O–H groups in total. The molecule has 2 atom stereocenters. The van der Waals surface area contributed by atoms with E-state index < -0.39 is 0 Å². The van der Waals surface area contributed by atoms with E-state index in [0.29, 0.717) is 18.6 Å². The van der Waals surface area contributed by atoms with Crippen LogP contribution in [0, 0.1) is 5.92 Å². The maximum atomic E-state index is 9.04. The number of hydrogen-bond acceptors (Lipinski definition) is 3. The third kappa shape index (κ3) is 5.84. The third-order valence-corrected chi connectivity index (χ3v) is 3.63. The molecule has 0 aromatic heterocycles. The number of nitrogens with one attached hydrogen (secondary N) is 1. The van der Waals surface area contributed by atoms with Crippen molar-refractivity contribution in [1.82, 2.24) is 5.32 Å². The molecule has 0 radical (unpaired) electrons. The fourth-order valence-electron chi connectivity index (χ4n) is 2.68. The van der Waals surface area contributed by atoms with Crippen molar-refractivity contribution in [2.24, 2.45) is 5.92 Å². The molecule has 0 saturated carbocycles. The summed E-state index contributed by atoms with van der Waals surface area (Å²) in [7, 11) is 0. The van der Waals surface area contributed by atoms with Gasteiger partial charge in [0.15, 0.2) is 0 Å². The molecule has 1 saturated heterocycles. The summed E-state index contributed by atoms with van der Waals surface area (Å²) in [5.74, 6) is 0.621. The van der Waals surface area contributed by atoms with E-state index in [1.54, 1.807) is 0 Å². The standard InChI is InChI=1S/C14H29NO2/c1-4-5-12(6-8-16)11-15-13-7-9-17-14(2,3)10-13/h12-13,15-16H,4-11H2,1-3H3. The van der Waals surface area contributed by atoms with E-state index in [4.69, 9.17) is 9.84 Å². The molecule has 102 valence electrons. The van der Waals surface area contributed by atoms with E-state index in [1.807, 2.05) is 0 Å². The summed E-state index contributed by atoms with van der Waals surface area (Å²) >= 11 is 0. The minimum atomic E-state index is 0.0210. The Hall–Kier alpha value is -0.120. The molecule has 3 nitrogen and oxygen atoms in total. The van der Waals surface area contributed by atoms with Crippen LogP contribution in [0.1, 0.15) is 52.9 Å². The minimum Gasteiger partial charge on any atom is -0.396 e. The van der Waals surface area contributed by atoms with Crippen molar-refractivity contribution in [2.45, 2.75) is 64.5 Å². The van der Waals surface area contributed by atoms with Crippen molar-refractivity contribution in [1.29, 1.82) is 0 Å². The third-order valence-electron chi connectivity index (χ3n) is 3.63. The van der Waals surface area contributed by atoms with Gasteiger partial charge in [-0.15, -0.1) is 0 Å². The first-order valence-corrected chi connectivity index (χ1v) is 7.05. The van der Waals surface area contributed by atoms with Crippen LogP contribution >= 0.6 is 0 Å². The molecule has 0 aromatic carbocycles. The summed E-state index contributed by atoms with van der Waals surface area (Å²) in [6.45, 7) is 8.75. The molecule has 0 aliphatic carbocycles. The zero-order valence-corrected chi connectivity index (χ0v) is 11.7. The fourth-order valence-corrected chi connectivity index (χ4v) is 2.68. The Morgan fingerprint density at radius 2 is 2.18 bits per heavy atom. The normalized spacial score (nSPS) is 25.8. The maximum absolute atomic E-state index is 9.04. The Bertz CT molecular complexity index is 200. The van der Waals surface area contributed by atoms with Crippen LogP contribution in [0.2, 0.25) is 0 Å². The van der Waals surface area contributed by atoms with Crippen molar-refractivity contribution in [2.75, 3.05) is 19.8 Å². The van der Waals surface area contributed by atoms with Gasteiger partial charge in [-0.2, -0.15) is 0 Å². The monoisotopic (exact) mass is 243 g/mol. The van der Waals surface area contributed by atoms with Crippen molar-refractivity contribution in [3.63, 3.8) is 0 Å². The van der Waals surface area contributed by atoms with Crippen LogP contribution < -0.4 is 5.32 Å². The molecule has 17 heavy (non-hydrogen) atoms. The Morgan fingerprint density at radius 3 is 2.76 bits per heavy atom. The summed E-state index contributed by atoms with van der Waals surface area (Å²) in [6, 6.07) is 0.580. The highest BCUT2D eigenvalue weighted by molar-refractivity contribution is 4.83. The van der Waals surface area contributed by atoms with Gasteiger partial charge in [-0.3, -0.25) is 0 Å². The average Bonchev–Trinajstić information content (AvgIpc) is 2.25. The molecule has 1 rings (SSSR count). The number of hydrogen-bond donors (Lipinski definition) is 2. The van der Waals surface area contributed by atoms with Gasteiger partial charge in [0.25, 0.3) is 0 Å². The number of aliphatic hydroxyl groups is 1. The van der Waals surface area contributed by atoms with Crippen LogP contribution in [0.3, 0.4) is 0 Å². The minimum absolute atomic E-state index is 0.0210. The van der Waals surface area contributed by atoms with Crippen molar-refractivity contribution in [3.05, 3.63) is 0 Å². The molecule has 0 amide bonds. The largest absolute Gasteiger partial charge is 0.396 e. The van der Waals surface area contributed by atoms with Gasteiger partial charge in [0.1, 0.15) is 0 Å². The Kier molecular flexibility index (Phi) is 6.45. The van der Waals surface area contributed by atoms with Crippen LogP contribution in [-0.4, -0.2) is 36.5 Å². The Morgan fingerprint density at radius 1 is 1.41 bits per heavy atom. The summed E-state index contributed by atoms with van der Waals surface area (Å²) < 4.78 is 5.72. The van der Waals surface area contributed by atoms with Crippen molar-refractivity contribution in [3.8, 4) is 0 Å². The van der Waals surface area contributed by atoms with E-state index >= 15 is 0 Å². The molecule has 0 aromatic rings. The number of aliphatic hydroxyl groups excluding tert-OH is 1. The SMILES string of the molecule is CCCC(CCO)CNC1CCOC(C)(C)C1. The second kappa shape index (κ2) is 7.34. The number of rotatable bonds is 7. The van der Waals surface area contributed by atoms with Gasteiger partial charge in [-0.1, -0.05) is 13.3 Å². The molecular weight excluding hydrogens is 214 g/mol. The Labute approximate surface area is 106 Å². The smallest absolute Gasteiger partial charge is 0.0641 e. The molecule has 0 spiro atoms. The van der Waals surface area contributed by atoms with Gasteiger partial charge < -0.3 is 15.2 Å². The van der Waals surface area contributed by atoms with E-state index in [2.05, 4.69) is 26.1 Å². The molecule has 1 aliphatic heterocycles. The predicted molar refractivity (Wildman–Crippen MR) is 71.2 cm³/mol. The lowest BCUT2D eigenvalue weighted by Gasteiger charge is -2.36. The Balaban J connectivity index is 2.27. The van der Waals surface area contributed by atoms with Crippen LogP contribution in [0.4, 0.5) is 0 Å². The first-order chi connectivity index (χ1) is 8.07. The van der Waals surface area contributed by atoms with E-state index in [9.17, 15) is 0 Å². The molecule has 0 bridgehead atoms. The summed E-state index contributed by atoms with van der Waals surface area (Å²) in [6.07, 6.45) is 5.53. The number of ether oxygens (including phenoxy) is 1. The van der Waals surface area contributed by atoms with Gasteiger partial charge in [0, 0.05) is 19.3 Å². The topological polar surface area (TPSA) is 41.5 Å². The van der Waals surface area contributed by atoms with Crippen LogP contribution in [0.25, 0.3) is 0 Å². The first-order valence-electron chi connectivity index (χ1n) is 7.05. The van der Waals surface area contributed by atoms with Gasteiger partial charge in [-0.05, 0) is 52.0 Å². The molecule has 1 fully saturated rings. The van der Waals surface area contributed by atoms with E-state index in [-0.39, 0.29) is 5.60 Å². The summed E-state index contributed by atoms with van der Waals surface area (Å²) in [4.78, 5) is 0. The first kappa shape index (κ1) is 14.9. The second-order valence-electron chi connectivity index (χ2n) is 5.87. The van der Waals surface area contributed by atoms with Crippen molar-refractivity contribution < 1.29 is 9.84 Å². The summed E-state index contributed by atoms with van der Waals surface area (Å²) in [5.41, 5.74) is 0.0210. The fraction of sp³-hybridized carbons (Fsp3) is 1.00. The lowest BCUT2D eigenvalue weighted by molar-refractivity contribution is -0.0632. The summed E-state index contributed by atoms with van der Waals surface area (Å²) in [5, 5.41) is 12.7. The maximum Gasteiger partial charge on any atom is 0.0641 e.